The van der Waals surface area contributed by atoms with Crippen molar-refractivity contribution in [2.45, 2.75) is 31.4 Å². The van der Waals surface area contributed by atoms with Gasteiger partial charge in [-0.15, -0.1) is 0 Å². The number of fused-ring (bicyclic) bond motifs is 3. The second kappa shape index (κ2) is 16.0. The maximum absolute atomic E-state index is 14.0. The average Bonchev–Trinajstić information content (AvgIpc) is 3.32. The number of allylic oxidation sites excluding steroid dienone is 4. The van der Waals surface area contributed by atoms with E-state index in [0.717, 1.165) is 36.4 Å². The van der Waals surface area contributed by atoms with Crippen LogP contribution in [0.1, 0.15) is 35.2 Å². The molecule has 0 unspecified atom stereocenters. The molecular weight excluding hydrogens is 868 g/mol. The highest BCUT2D eigenvalue weighted by atomic mass is 19.4. The number of hydrogen-bond acceptors (Lipinski definition) is 6. The van der Waals surface area contributed by atoms with Gasteiger partial charge in [0.1, 0.15) is 0 Å². The highest BCUT2D eigenvalue weighted by Crippen LogP contribution is 2.43. The fraction of sp³-hybridized carbons (Fsp3) is 0.0980. The summed E-state index contributed by atoms with van der Waals surface area (Å²) in [5.74, 6) is 0. The number of alkyl halides is 9. The number of benzene rings is 6. The summed E-state index contributed by atoms with van der Waals surface area (Å²) < 4.78 is 126. The molecule has 0 spiro atoms. The third kappa shape index (κ3) is 8.12. The van der Waals surface area contributed by atoms with Crippen LogP contribution in [-0.2, 0) is 18.5 Å². The van der Waals surface area contributed by atoms with Gasteiger partial charge in [0.15, 0.2) is 0 Å². The first-order chi connectivity index (χ1) is 31.6. The van der Waals surface area contributed by atoms with Crippen LogP contribution in [-0.4, -0.2) is 29.9 Å². The van der Waals surface area contributed by atoms with Gasteiger partial charge in [0, 0.05) is 27.8 Å². The van der Waals surface area contributed by atoms with Crippen molar-refractivity contribution in [3.05, 3.63) is 174 Å². The van der Waals surface area contributed by atoms with Crippen molar-refractivity contribution in [1.82, 2.24) is 29.9 Å². The molecular formula is C51H29F9N6. The summed E-state index contributed by atoms with van der Waals surface area (Å²) in [6.45, 7) is 0. The van der Waals surface area contributed by atoms with E-state index in [1.807, 2.05) is 18.2 Å². The molecule has 0 saturated heterocycles. The Morgan fingerprint density at radius 2 is 0.667 bits per heavy atom. The molecule has 6 nitrogen and oxygen atoms in total. The summed E-state index contributed by atoms with van der Waals surface area (Å²) in [5, 5.41) is 0. The number of nitrogens with zero attached hydrogens (tertiary/aromatic N) is 6. The zero-order valence-corrected chi connectivity index (χ0v) is 33.9. The van der Waals surface area contributed by atoms with Crippen molar-refractivity contribution in [1.29, 1.82) is 0 Å². The molecule has 15 heteroatoms. The Balaban J connectivity index is 1.30. The summed E-state index contributed by atoms with van der Waals surface area (Å²) in [4.78, 5) is 29.2. The molecule has 1 aliphatic carbocycles. The highest BCUT2D eigenvalue weighted by Gasteiger charge is 2.33. The molecule has 0 atom stereocenters. The fourth-order valence-corrected chi connectivity index (χ4v) is 7.95. The molecule has 3 aromatic heterocycles. The van der Waals surface area contributed by atoms with Crippen LogP contribution < -0.4 is 0 Å². The lowest BCUT2D eigenvalue weighted by molar-refractivity contribution is -0.138. The minimum absolute atomic E-state index is 0.00498. The molecule has 6 aromatic carbocycles. The smallest absolute Gasteiger partial charge is 0.244 e. The number of halogens is 9. The van der Waals surface area contributed by atoms with Crippen LogP contribution in [0.4, 0.5) is 39.5 Å². The van der Waals surface area contributed by atoms with E-state index in [1.54, 1.807) is 78.9 Å². The summed E-state index contributed by atoms with van der Waals surface area (Å²) in [5.41, 5.74) is 2.08. The van der Waals surface area contributed by atoms with Crippen molar-refractivity contribution in [2.24, 2.45) is 0 Å². The maximum Gasteiger partial charge on any atom is 0.416 e. The average molecular weight is 897 g/mol. The van der Waals surface area contributed by atoms with Gasteiger partial charge in [0.2, 0.25) is 0 Å². The number of aromatic nitrogens is 6. The van der Waals surface area contributed by atoms with Gasteiger partial charge in [-0.2, -0.15) is 39.5 Å². The Kier molecular flexibility index (Phi) is 10.2. The van der Waals surface area contributed by atoms with Gasteiger partial charge in [-0.25, -0.2) is 29.9 Å². The van der Waals surface area contributed by atoms with Crippen molar-refractivity contribution in [3.63, 3.8) is 0 Å². The molecule has 10 rings (SSSR count). The minimum atomic E-state index is -4.66. The second-order valence-electron chi connectivity index (χ2n) is 15.6. The quantitative estimate of drug-likeness (QED) is 0.155. The molecule has 0 N–H and O–H groups in total. The molecule has 66 heavy (non-hydrogen) atoms. The highest BCUT2D eigenvalue weighted by molar-refractivity contribution is 5.94. The Bertz CT molecular complexity index is 3280. The second-order valence-corrected chi connectivity index (χ2v) is 15.6. The van der Waals surface area contributed by atoms with E-state index in [9.17, 15) is 39.5 Å². The van der Waals surface area contributed by atoms with Gasteiger partial charge < -0.3 is 0 Å². The van der Waals surface area contributed by atoms with E-state index in [2.05, 4.69) is 0 Å². The normalized spacial score (nSPS) is 13.4. The molecule has 0 saturated carbocycles. The van der Waals surface area contributed by atoms with Gasteiger partial charge in [-0.05, 0) is 91.2 Å². The lowest BCUT2D eigenvalue weighted by Crippen LogP contribution is -2.06. The van der Waals surface area contributed by atoms with Crippen molar-refractivity contribution in [2.75, 3.05) is 0 Å². The monoisotopic (exact) mass is 896 g/mol. The first-order valence-corrected chi connectivity index (χ1v) is 20.4. The van der Waals surface area contributed by atoms with Crippen LogP contribution in [0.3, 0.4) is 0 Å². The van der Waals surface area contributed by atoms with Crippen LogP contribution in [0.15, 0.2) is 152 Å². The van der Waals surface area contributed by atoms with Crippen LogP contribution in [0, 0.1) is 0 Å². The lowest BCUT2D eigenvalue weighted by Gasteiger charge is -2.18. The molecule has 0 radical (unpaired) electrons. The summed E-state index contributed by atoms with van der Waals surface area (Å²) in [6, 6.07) is 31.9. The standard InChI is InChI=1S/C51H29F9N6/c52-49(53,54)34-16-19-37-40(25-34)64-43(28-10-4-1-5-11-28)46(61-37)31-22-32(47-44(29-12-6-2-7-13-29)65-41-26-35(50(55,56)57)17-20-38(41)62-47)24-33(23-31)48-45(30-14-8-3-9-15-30)66-42-27-36(51(58,59)60)18-21-39(42)63-48/h1-8,10-14,16-27H,9,15H2. The first kappa shape index (κ1) is 42.2. The number of rotatable bonds is 6. The van der Waals surface area contributed by atoms with Crippen molar-refractivity contribution < 1.29 is 39.5 Å². The Labute approximate surface area is 368 Å². The lowest BCUT2D eigenvalue weighted by atomic mass is 9.92. The van der Waals surface area contributed by atoms with E-state index >= 15 is 0 Å². The Morgan fingerprint density at radius 3 is 1.02 bits per heavy atom. The van der Waals surface area contributed by atoms with Gasteiger partial charge in [-0.3, -0.25) is 0 Å². The van der Waals surface area contributed by atoms with Crippen LogP contribution in [0.2, 0.25) is 0 Å². The molecule has 0 amide bonds. The summed E-state index contributed by atoms with van der Waals surface area (Å²) >= 11 is 0. The van der Waals surface area contributed by atoms with Crippen LogP contribution >= 0.6 is 0 Å². The third-order valence-electron chi connectivity index (χ3n) is 11.1. The van der Waals surface area contributed by atoms with Gasteiger partial charge in [0.25, 0.3) is 0 Å². The Hall–Kier alpha value is -7.81. The van der Waals surface area contributed by atoms with Crippen molar-refractivity contribution in [3.8, 4) is 56.3 Å². The topological polar surface area (TPSA) is 77.3 Å². The zero-order chi connectivity index (χ0) is 46.0. The third-order valence-corrected chi connectivity index (χ3v) is 11.1. The largest absolute Gasteiger partial charge is 0.416 e. The van der Waals surface area contributed by atoms with Crippen LogP contribution in [0.25, 0.3) is 95.0 Å². The molecule has 0 aliphatic heterocycles. The Morgan fingerprint density at radius 1 is 0.333 bits per heavy atom. The summed E-state index contributed by atoms with van der Waals surface area (Å²) in [7, 11) is 0. The molecule has 0 fully saturated rings. The summed E-state index contributed by atoms with van der Waals surface area (Å²) in [6.07, 6.45) is -7.29. The van der Waals surface area contributed by atoms with E-state index < -0.39 is 35.2 Å². The van der Waals surface area contributed by atoms with E-state index in [4.69, 9.17) is 29.9 Å². The maximum atomic E-state index is 14.0. The van der Waals surface area contributed by atoms with E-state index in [1.165, 1.54) is 18.2 Å². The molecule has 326 valence electrons. The molecule has 0 bridgehead atoms. The fourth-order valence-electron chi connectivity index (χ4n) is 7.95. The van der Waals surface area contributed by atoms with Gasteiger partial charge >= 0.3 is 18.5 Å². The predicted molar refractivity (Wildman–Crippen MR) is 234 cm³/mol. The SMILES string of the molecule is FC(F)(F)c1ccc2nc(-c3cc(-c4nc5ccc(C(F)(F)F)cc5nc4-c4ccccc4)cc(-c4nc5ccc(C(F)(F)F)cc5nc4-c4ccccc4)c3)c(C3=CC=CCC3)nc2c1. The minimum Gasteiger partial charge on any atom is -0.244 e. The van der Waals surface area contributed by atoms with E-state index in [0.29, 0.717) is 51.9 Å². The first-order valence-electron chi connectivity index (χ1n) is 20.4. The van der Waals surface area contributed by atoms with Crippen LogP contribution in [0.5, 0.6) is 0 Å². The molecule has 9 aromatic rings. The van der Waals surface area contributed by atoms with E-state index in [-0.39, 0.29) is 61.6 Å². The molecule has 1 aliphatic rings. The predicted octanol–water partition coefficient (Wildman–Crippen LogP) is 14.6. The van der Waals surface area contributed by atoms with Gasteiger partial charge in [-0.1, -0.05) is 78.9 Å². The zero-order valence-electron chi connectivity index (χ0n) is 33.9. The van der Waals surface area contributed by atoms with Gasteiger partial charge in [0.05, 0.1) is 84.0 Å². The number of hydrogen-bond donors (Lipinski definition) is 0. The molecule has 3 heterocycles. The van der Waals surface area contributed by atoms with Crippen molar-refractivity contribution >= 4 is 38.7 Å².